The van der Waals surface area contributed by atoms with Crippen LogP contribution in [0.5, 0.6) is 17.4 Å². The zero-order valence-electron chi connectivity index (χ0n) is 25.2. The summed E-state index contributed by atoms with van der Waals surface area (Å²) < 4.78 is 17.0. The summed E-state index contributed by atoms with van der Waals surface area (Å²) in [6.07, 6.45) is 3.86. The van der Waals surface area contributed by atoms with Gasteiger partial charge in [0, 0.05) is 39.0 Å². The molecule has 0 unspecified atom stereocenters. The number of carbonyl (C=O) groups is 3. The van der Waals surface area contributed by atoms with Gasteiger partial charge in [-0.05, 0) is 48.9 Å². The summed E-state index contributed by atoms with van der Waals surface area (Å²) >= 11 is 0. The average Bonchev–Trinajstić information content (AvgIpc) is 3.38. The summed E-state index contributed by atoms with van der Waals surface area (Å²) in [5.74, 6) is 0.298. The molecule has 0 bridgehead atoms. The van der Waals surface area contributed by atoms with Gasteiger partial charge in [-0.3, -0.25) is 18.8 Å². The molecular weight excluding hydrogens is 546 g/mol. The van der Waals surface area contributed by atoms with Gasteiger partial charge in [0.25, 0.3) is 0 Å². The van der Waals surface area contributed by atoms with Crippen LogP contribution in [0.3, 0.4) is 0 Å². The molecule has 0 atom stereocenters. The summed E-state index contributed by atoms with van der Waals surface area (Å²) in [7, 11) is 0. The fourth-order valence-electron chi connectivity index (χ4n) is 3.93. The van der Waals surface area contributed by atoms with Crippen LogP contribution in [0.15, 0.2) is 91.3 Å². The molecule has 5 aromatic rings. The maximum atomic E-state index is 11.5. The average molecular weight is 582 g/mol. The minimum absolute atomic E-state index is 0.283. The lowest BCUT2D eigenvalue weighted by atomic mass is 10.1. The Morgan fingerprint density at radius 3 is 1.79 bits per heavy atom. The van der Waals surface area contributed by atoms with Gasteiger partial charge in [0.2, 0.25) is 5.88 Å². The third-order valence-electron chi connectivity index (χ3n) is 5.68. The molecule has 222 valence electrons. The van der Waals surface area contributed by atoms with E-state index < -0.39 is 5.97 Å². The molecule has 9 nitrogen and oxygen atoms in total. The smallest absolute Gasteiger partial charge is 0.309 e. The number of imidazole rings is 1. The lowest BCUT2D eigenvalue weighted by molar-refractivity contribution is -0.133. The normalized spacial score (nSPS) is 10.0. The minimum atomic E-state index is -0.425. The Balaban J connectivity index is 0.000000327. The highest BCUT2D eigenvalue weighted by molar-refractivity contribution is 5.71. The molecule has 43 heavy (non-hydrogen) atoms. The van der Waals surface area contributed by atoms with Crippen molar-refractivity contribution in [3.8, 4) is 28.6 Å². The minimum Gasteiger partial charge on any atom is -0.427 e. The van der Waals surface area contributed by atoms with E-state index in [1.807, 2.05) is 75.4 Å². The van der Waals surface area contributed by atoms with Crippen LogP contribution >= 0.6 is 0 Å². The number of esters is 3. The number of rotatable bonds is 6. The number of ether oxygens (including phenoxy) is 3. The summed E-state index contributed by atoms with van der Waals surface area (Å²) in [5.41, 5.74) is 5.11. The molecule has 0 N–H and O–H groups in total. The van der Waals surface area contributed by atoms with Crippen molar-refractivity contribution < 1.29 is 28.6 Å². The van der Waals surface area contributed by atoms with Crippen molar-refractivity contribution in [2.24, 2.45) is 0 Å². The summed E-state index contributed by atoms with van der Waals surface area (Å²) in [6, 6.07) is 24.4. The number of fused-ring (bicyclic) bond motifs is 1. The molecule has 0 aliphatic heterocycles. The number of carbonyl (C=O) groups excluding carboxylic acids is 3. The van der Waals surface area contributed by atoms with Crippen molar-refractivity contribution in [2.45, 2.75) is 48.0 Å². The van der Waals surface area contributed by atoms with Gasteiger partial charge in [0.05, 0.1) is 17.6 Å². The van der Waals surface area contributed by atoms with Crippen LogP contribution in [0.1, 0.15) is 51.4 Å². The first-order chi connectivity index (χ1) is 20.7. The van der Waals surface area contributed by atoms with Crippen LogP contribution in [-0.2, 0) is 20.8 Å². The first kappa shape index (κ1) is 32.2. The Kier molecular flexibility index (Phi) is 11.7. The van der Waals surface area contributed by atoms with Crippen LogP contribution in [0, 0.1) is 6.92 Å². The van der Waals surface area contributed by atoms with Crippen LogP contribution in [-0.4, -0.2) is 32.3 Å². The largest absolute Gasteiger partial charge is 0.427 e. The van der Waals surface area contributed by atoms with Crippen molar-refractivity contribution in [3.05, 3.63) is 108 Å². The predicted molar refractivity (Wildman–Crippen MR) is 164 cm³/mol. The Hall–Kier alpha value is -5.31. The van der Waals surface area contributed by atoms with Gasteiger partial charge < -0.3 is 14.2 Å². The standard InChI is InChI=1S/C23H19N3O4.C9H10O2.C2H6/c1-15(27)29-19-10-8-18(9-11-19)21-14-26-22(30-16(2)28)13-24-23(26)20(25-21)12-17-6-4-3-5-7-17;1-7-3-5-9(6-4-7)11-8(2)10;1-2/h3-11,13-14H,12H2,1-2H3;3-6H,1-2H3;1-2H3. The first-order valence-electron chi connectivity index (χ1n) is 13.8. The van der Waals surface area contributed by atoms with E-state index in [0.29, 0.717) is 35.1 Å². The Labute approximate surface area is 251 Å². The van der Waals surface area contributed by atoms with E-state index in [4.69, 9.17) is 19.2 Å². The Morgan fingerprint density at radius 2 is 1.26 bits per heavy atom. The van der Waals surface area contributed by atoms with Gasteiger partial charge in [-0.1, -0.05) is 61.9 Å². The van der Waals surface area contributed by atoms with Crippen LogP contribution in [0.25, 0.3) is 16.9 Å². The van der Waals surface area contributed by atoms with Crippen molar-refractivity contribution in [2.75, 3.05) is 0 Å². The number of hydrogen-bond donors (Lipinski definition) is 0. The SMILES string of the molecule is CC.CC(=O)Oc1ccc(-c2cn3c(OC(C)=O)cnc3c(Cc3ccccc3)n2)cc1.CC(=O)Oc1ccc(C)cc1. The zero-order valence-corrected chi connectivity index (χ0v) is 25.2. The number of aryl methyl sites for hydroxylation is 1. The molecule has 0 fully saturated rings. The fraction of sp³-hybridized carbons (Fsp3) is 0.206. The summed E-state index contributed by atoms with van der Waals surface area (Å²) in [5, 5.41) is 0. The topological polar surface area (TPSA) is 109 Å². The Morgan fingerprint density at radius 1 is 0.721 bits per heavy atom. The van der Waals surface area contributed by atoms with Crippen LogP contribution in [0.4, 0.5) is 0 Å². The summed E-state index contributed by atoms with van der Waals surface area (Å²) in [6.45, 7) is 10.1. The van der Waals surface area contributed by atoms with Crippen LogP contribution in [0.2, 0.25) is 0 Å². The summed E-state index contributed by atoms with van der Waals surface area (Å²) in [4.78, 5) is 42.3. The molecular formula is C34H35N3O6. The predicted octanol–water partition coefficient (Wildman–Crippen LogP) is 6.78. The molecule has 5 rings (SSSR count). The van der Waals surface area contributed by atoms with E-state index in [1.165, 1.54) is 27.0 Å². The third kappa shape index (κ3) is 9.64. The highest BCUT2D eigenvalue weighted by Crippen LogP contribution is 2.26. The highest BCUT2D eigenvalue weighted by atomic mass is 16.5. The maximum Gasteiger partial charge on any atom is 0.309 e. The molecule has 2 heterocycles. The van der Waals surface area contributed by atoms with E-state index in [-0.39, 0.29) is 11.9 Å². The zero-order chi connectivity index (χ0) is 31.4. The maximum absolute atomic E-state index is 11.5. The van der Waals surface area contributed by atoms with Gasteiger partial charge in [-0.25, -0.2) is 9.97 Å². The van der Waals surface area contributed by atoms with E-state index >= 15 is 0 Å². The van der Waals surface area contributed by atoms with Crippen molar-refractivity contribution >= 4 is 23.6 Å². The van der Waals surface area contributed by atoms with Gasteiger partial charge in [0.15, 0.2) is 5.65 Å². The molecule has 0 amide bonds. The molecule has 3 aromatic carbocycles. The second kappa shape index (κ2) is 15.6. The van der Waals surface area contributed by atoms with Gasteiger partial charge >= 0.3 is 17.9 Å². The molecule has 0 spiro atoms. The molecule has 2 aromatic heterocycles. The van der Waals surface area contributed by atoms with Gasteiger partial charge in [-0.15, -0.1) is 0 Å². The highest BCUT2D eigenvalue weighted by Gasteiger charge is 2.15. The molecule has 0 aliphatic rings. The first-order valence-corrected chi connectivity index (χ1v) is 13.8. The molecule has 9 heteroatoms. The number of benzene rings is 3. The Bertz CT molecular complexity index is 1660. The molecule has 0 aliphatic carbocycles. The molecule has 0 saturated heterocycles. The third-order valence-corrected chi connectivity index (χ3v) is 5.68. The van der Waals surface area contributed by atoms with Crippen molar-refractivity contribution in [3.63, 3.8) is 0 Å². The van der Waals surface area contributed by atoms with E-state index in [1.54, 1.807) is 34.9 Å². The lowest BCUT2D eigenvalue weighted by Crippen LogP contribution is -2.06. The fourth-order valence-corrected chi connectivity index (χ4v) is 3.93. The second-order valence-corrected chi connectivity index (χ2v) is 9.14. The number of nitrogens with zero attached hydrogens (tertiary/aromatic N) is 3. The van der Waals surface area contributed by atoms with Gasteiger partial charge in [-0.2, -0.15) is 0 Å². The van der Waals surface area contributed by atoms with Crippen molar-refractivity contribution in [1.29, 1.82) is 0 Å². The number of aromatic nitrogens is 3. The lowest BCUT2D eigenvalue weighted by Gasteiger charge is -2.10. The molecule has 0 radical (unpaired) electrons. The van der Waals surface area contributed by atoms with E-state index in [2.05, 4.69) is 4.98 Å². The monoisotopic (exact) mass is 581 g/mol. The second-order valence-electron chi connectivity index (χ2n) is 9.14. The number of hydrogen-bond acceptors (Lipinski definition) is 8. The van der Waals surface area contributed by atoms with Crippen LogP contribution < -0.4 is 14.2 Å². The van der Waals surface area contributed by atoms with E-state index in [9.17, 15) is 14.4 Å². The quantitative estimate of drug-likeness (QED) is 0.159. The molecule has 0 saturated carbocycles. The van der Waals surface area contributed by atoms with E-state index in [0.717, 1.165) is 22.4 Å². The van der Waals surface area contributed by atoms with Gasteiger partial charge in [0.1, 0.15) is 11.5 Å². The van der Waals surface area contributed by atoms with Crippen molar-refractivity contribution in [1.82, 2.24) is 14.4 Å².